The van der Waals surface area contributed by atoms with Crippen molar-refractivity contribution in [1.29, 1.82) is 0 Å². The number of unbranched alkanes of at least 4 members (excludes halogenated alkanes) is 1. The summed E-state index contributed by atoms with van der Waals surface area (Å²) in [7, 11) is 0. The second kappa shape index (κ2) is 7.69. The molecule has 0 saturated carbocycles. The first kappa shape index (κ1) is 14.4. The molecule has 0 aliphatic rings. The van der Waals surface area contributed by atoms with Crippen molar-refractivity contribution >= 4 is 12.4 Å². The van der Waals surface area contributed by atoms with Gasteiger partial charge in [0, 0.05) is 12.6 Å². The molecule has 4 N–H and O–H groups in total. The van der Waals surface area contributed by atoms with Gasteiger partial charge in [0.15, 0.2) is 0 Å². The van der Waals surface area contributed by atoms with Gasteiger partial charge in [0.25, 0.3) is 0 Å². The summed E-state index contributed by atoms with van der Waals surface area (Å²) >= 11 is 0. The standard InChI is InChI=1S/C12H20N2.ClH/c1-2-3-4-10-5-7-11(8-6-10)12(14)9-13;/h5-8,12H,2-4,9,13-14H2,1H3;1H/t12-;/m1./s1. The molecule has 86 valence electrons. The lowest BCUT2D eigenvalue weighted by molar-refractivity contribution is 0.735. The van der Waals surface area contributed by atoms with Gasteiger partial charge in [-0.2, -0.15) is 0 Å². The van der Waals surface area contributed by atoms with E-state index in [0.717, 1.165) is 12.0 Å². The number of aryl methyl sites for hydroxylation is 1. The fraction of sp³-hybridized carbons (Fsp3) is 0.500. The smallest absolute Gasteiger partial charge is 0.0419 e. The third-order valence-electron chi connectivity index (χ3n) is 2.48. The van der Waals surface area contributed by atoms with Crippen molar-refractivity contribution in [2.24, 2.45) is 11.5 Å². The van der Waals surface area contributed by atoms with Gasteiger partial charge in [-0.05, 0) is 24.0 Å². The minimum atomic E-state index is -0.0183. The molecular weight excluding hydrogens is 208 g/mol. The first-order valence-electron chi connectivity index (χ1n) is 5.32. The molecule has 1 aromatic rings. The predicted octanol–water partition coefficient (Wildman–Crippen LogP) is 2.41. The number of hydrogen-bond donors (Lipinski definition) is 2. The van der Waals surface area contributed by atoms with Gasteiger partial charge in [-0.1, -0.05) is 37.6 Å². The number of benzene rings is 1. The second-order valence-corrected chi connectivity index (χ2v) is 3.69. The van der Waals surface area contributed by atoms with Crippen LogP contribution >= 0.6 is 12.4 Å². The topological polar surface area (TPSA) is 52.0 Å². The molecule has 1 atom stereocenters. The molecule has 0 aliphatic carbocycles. The van der Waals surface area contributed by atoms with Crippen LogP contribution in [-0.2, 0) is 6.42 Å². The molecule has 0 radical (unpaired) electrons. The zero-order chi connectivity index (χ0) is 10.4. The highest BCUT2D eigenvalue weighted by molar-refractivity contribution is 5.85. The van der Waals surface area contributed by atoms with Crippen molar-refractivity contribution in [1.82, 2.24) is 0 Å². The van der Waals surface area contributed by atoms with Crippen LogP contribution in [0.5, 0.6) is 0 Å². The van der Waals surface area contributed by atoms with E-state index in [1.807, 2.05) is 0 Å². The van der Waals surface area contributed by atoms with E-state index in [-0.39, 0.29) is 18.4 Å². The number of hydrogen-bond acceptors (Lipinski definition) is 2. The Balaban J connectivity index is 0.00000196. The van der Waals surface area contributed by atoms with E-state index in [1.54, 1.807) is 0 Å². The third kappa shape index (κ3) is 4.65. The Kier molecular flexibility index (Phi) is 7.39. The average Bonchev–Trinajstić information content (AvgIpc) is 2.26. The van der Waals surface area contributed by atoms with Gasteiger partial charge >= 0.3 is 0 Å². The maximum Gasteiger partial charge on any atom is 0.0419 e. The highest BCUT2D eigenvalue weighted by Crippen LogP contribution is 2.12. The van der Waals surface area contributed by atoms with Gasteiger partial charge in [0.1, 0.15) is 0 Å². The number of rotatable bonds is 5. The summed E-state index contributed by atoms with van der Waals surface area (Å²) < 4.78 is 0. The Morgan fingerprint density at radius 3 is 2.27 bits per heavy atom. The SMILES string of the molecule is CCCCc1ccc([C@H](N)CN)cc1.Cl. The lowest BCUT2D eigenvalue weighted by Gasteiger charge is -2.09. The van der Waals surface area contributed by atoms with Crippen molar-refractivity contribution in [3.8, 4) is 0 Å². The minimum Gasteiger partial charge on any atom is -0.329 e. The Hall–Kier alpha value is -0.570. The molecule has 0 amide bonds. The molecule has 15 heavy (non-hydrogen) atoms. The van der Waals surface area contributed by atoms with Crippen LogP contribution in [0.3, 0.4) is 0 Å². The first-order valence-corrected chi connectivity index (χ1v) is 5.32. The fourth-order valence-electron chi connectivity index (χ4n) is 1.45. The lowest BCUT2D eigenvalue weighted by Crippen LogP contribution is -2.20. The Bertz CT molecular complexity index is 259. The Morgan fingerprint density at radius 1 is 1.20 bits per heavy atom. The van der Waals surface area contributed by atoms with Gasteiger partial charge in [0.05, 0.1) is 0 Å². The molecule has 0 fully saturated rings. The summed E-state index contributed by atoms with van der Waals surface area (Å²) in [6.45, 7) is 2.72. The fourth-order valence-corrected chi connectivity index (χ4v) is 1.45. The largest absolute Gasteiger partial charge is 0.329 e. The first-order chi connectivity index (χ1) is 6.77. The Morgan fingerprint density at radius 2 is 1.80 bits per heavy atom. The zero-order valence-corrected chi connectivity index (χ0v) is 10.1. The van der Waals surface area contributed by atoms with Gasteiger partial charge in [-0.25, -0.2) is 0 Å². The van der Waals surface area contributed by atoms with Crippen molar-refractivity contribution in [2.75, 3.05) is 6.54 Å². The van der Waals surface area contributed by atoms with Crippen LogP contribution in [0.2, 0.25) is 0 Å². The predicted molar refractivity (Wildman–Crippen MR) is 68.3 cm³/mol. The average molecular weight is 229 g/mol. The highest BCUT2D eigenvalue weighted by atomic mass is 35.5. The van der Waals surface area contributed by atoms with Crippen LogP contribution in [-0.4, -0.2) is 6.54 Å². The zero-order valence-electron chi connectivity index (χ0n) is 9.28. The van der Waals surface area contributed by atoms with Crippen LogP contribution in [0, 0.1) is 0 Å². The monoisotopic (exact) mass is 228 g/mol. The summed E-state index contributed by atoms with van der Waals surface area (Å²) in [6.07, 6.45) is 3.65. The molecule has 0 heterocycles. The van der Waals surface area contributed by atoms with Gasteiger partial charge in [-0.15, -0.1) is 12.4 Å². The van der Waals surface area contributed by atoms with Gasteiger partial charge < -0.3 is 11.5 Å². The molecule has 0 aliphatic heterocycles. The molecule has 0 bridgehead atoms. The normalized spacial score (nSPS) is 11.9. The van der Waals surface area contributed by atoms with Crippen molar-refractivity contribution < 1.29 is 0 Å². The molecule has 3 heteroatoms. The number of halogens is 1. The van der Waals surface area contributed by atoms with E-state index in [2.05, 4.69) is 31.2 Å². The summed E-state index contributed by atoms with van der Waals surface area (Å²) in [4.78, 5) is 0. The summed E-state index contributed by atoms with van der Waals surface area (Å²) in [5.41, 5.74) is 13.8. The summed E-state index contributed by atoms with van der Waals surface area (Å²) in [5.74, 6) is 0. The van der Waals surface area contributed by atoms with Crippen molar-refractivity contribution in [2.45, 2.75) is 32.2 Å². The summed E-state index contributed by atoms with van der Waals surface area (Å²) in [6, 6.07) is 8.46. The summed E-state index contributed by atoms with van der Waals surface area (Å²) in [5, 5.41) is 0. The van der Waals surface area contributed by atoms with Crippen LogP contribution < -0.4 is 11.5 Å². The molecular formula is C12H21ClN2. The van der Waals surface area contributed by atoms with Crippen molar-refractivity contribution in [3.05, 3.63) is 35.4 Å². The van der Waals surface area contributed by atoms with Crippen LogP contribution in [0.4, 0.5) is 0 Å². The maximum atomic E-state index is 5.82. The number of nitrogens with two attached hydrogens (primary N) is 2. The minimum absolute atomic E-state index is 0. The van der Waals surface area contributed by atoms with E-state index in [1.165, 1.54) is 18.4 Å². The van der Waals surface area contributed by atoms with E-state index in [9.17, 15) is 0 Å². The van der Waals surface area contributed by atoms with E-state index in [0.29, 0.717) is 6.54 Å². The maximum absolute atomic E-state index is 5.82. The van der Waals surface area contributed by atoms with Gasteiger partial charge in [-0.3, -0.25) is 0 Å². The van der Waals surface area contributed by atoms with E-state index >= 15 is 0 Å². The third-order valence-corrected chi connectivity index (χ3v) is 2.48. The molecule has 0 aromatic heterocycles. The lowest BCUT2D eigenvalue weighted by atomic mass is 10.0. The molecule has 1 rings (SSSR count). The molecule has 0 spiro atoms. The van der Waals surface area contributed by atoms with E-state index < -0.39 is 0 Å². The molecule has 2 nitrogen and oxygen atoms in total. The van der Waals surface area contributed by atoms with Crippen LogP contribution in [0.1, 0.15) is 36.9 Å². The second-order valence-electron chi connectivity index (χ2n) is 3.69. The van der Waals surface area contributed by atoms with Gasteiger partial charge in [0.2, 0.25) is 0 Å². The Labute approximate surface area is 98.5 Å². The van der Waals surface area contributed by atoms with Crippen molar-refractivity contribution in [3.63, 3.8) is 0 Å². The highest BCUT2D eigenvalue weighted by Gasteiger charge is 2.02. The van der Waals surface area contributed by atoms with E-state index in [4.69, 9.17) is 11.5 Å². The molecule has 0 unspecified atom stereocenters. The molecule has 1 aromatic carbocycles. The van der Waals surface area contributed by atoms with Crippen LogP contribution in [0.15, 0.2) is 24.3 Å². The quantitative estimate of drug-likeness (QED) is 0.813. The molecule has 0 saturated heterocycles. The van der Waals surface area contributed by atoms with Crippen LogP contribution in [0.25, 0.3) is 0 Å².